The molecule has 3 rings (SSSR count). The molecule has 150 valence electrons. The van der Waals surface area contributed by atoms with E-state index in [-0.39, 0.29) is 11.9 Å². The Morgan fingerprint density at radius 3 is 2.66 bits per heavy atom. The number of hydrogen-bond donors (Lipinski definition) is 1. The van der Waals surface area contributed by atoms with Crippen molar-refractivity contribution in [2.75, 3.05) is 7.11 Å². The van der Waals surface area contributed by atoms with Crippen LogP contribution in [0.2, 0.25) is 0 Å². The Balaban J connectivity index is 1.70. The zero-order chi connectivity index (χ0) is 21.0. The van der Waals surface area contributed by atoms with Crippen LogP contribution in [0.25, 0.3) is 5.65 Å². The van der Waals surface area contributed by atoms with Crippen molar-refractivity contribution in [3.8, 4) is 11.8 Å². The molecule has 0 spiro atoms. The van der Waals surface area contributed by atoms with Crippen LogP contribution in [-0.4, -0.2) is 27.6 Å². The number of aryl methyl sites for hydroxylation is 2. The molecule has 2 heterocycles. The van der Waals surface area contributed by atoms with Gasteiger partial charge in [0.15, 0.2) is 5.65 Å². The Morgan fingerprint density at radius 1 is 1.31 bits per heavy atom. The molecule has 0 aliphatic rings. The number of hydrogen-bond acceptors (Lipinski definition) is 5. The number of rotatable bonds is 7. The second kappa shape index (κ2) is 8.74. The highest BCUT2D eigenvalue weighted by molar-refractivity contribution is 5.76. The van der Waals surface area contributed by atoms with Crippen LogP contribution >= 0.6 is 0 Å². The summed E-state index contributed by atoms with van der Waals surface area (Å²) in [6, 6.07) is 9.82. The highest BCUT2D eigenvalue weighted by atomic mass is 16.5. The zero-order valence-electron chi connectivity index (χ0n) is 17.2. The summed E-state index contributed by atoms with van der Waals surface area (Å²) in [6.45, 7) is 5.89. The first-order valence-corrected chi connectivity index (χ1v) is 9.65. The molecule has 0 saturated carbocycles. The van der Waals surface area contributed by atoms with Gasteiger partial charge in [0.2, 0.25) is 5.91 Å². The number of nitrogens with one attached hydrogen (secondary N) is 1. The average molecular weight is 391 g/mol. The fourth-order valence-corrected chi connectivity index (χ4v) is 3.51. The molecular formula is C22H25N5O2. The van der Waals surface area contributed by atoms with E-state index < -0.39 is 0 Å². The third-order valence-corrected chi connectivity index (χ3v) is 5.19. The Bertz CT molecular complexity index is 1060. The highest BCUT2D eigenvalue weighted by Gasteiger charge is 2.17. The maximum Gasteiger partial charge on any atom is 0.220 e. The molecule has 0 aliphatic carbocycles. The van der Waals surface area contributed by atoms with Crippen molar-refractivity contribution in [1.82, 2.24) is 19.9 Å². The van der Waals surface area contributed by atoms with Crippen molar-refractivity contribution < 1.29 is 9.53 Å². The maximum atomic E-state index is 12.6. The molecule has 7 nitrogen and oxygen atoms in total. The molecule has 3 aromatic rings. The van der Waals surface area contributed by atoms with E-state index in [2.05, 4.69) is 21.5 Å². The minimum atomic E-state index is -0.0412. The minimum Gasteiger partial charge on any atom is -0.497 e. The van der Waals surface area contributed by atoms with Gasteiger partial charge in [-0.05, 0) is 49.9 Å². The molecule has 1 atom stereocenters. The molecule has 0 saturated heterocycles. The van der Waals surface area contributed by atoms with Crippen LogP contribution in [0.1, 0.15) is 53.9 Å². The normalized spacial score (nSPS) is 11.8. The number of fused-ring (bicyclic) bond motifs is 1. The summed E-state index contributed by atoms with van der Waals surface area (Å²) in [5.74, 6) is 0.784. The fourth-order valence-electron chi connectivity index (χ4n) is 3.51. The lowest BCUT2D eigenvalue weighted by Crippen LogP contribution is -2.28. The molecule has 7 heteroatoms. The summed E-state index contributed by atoms with van der Waals surface area (Å²) in [5.41, 5.74) is 4.77. The molecule has 29 heavy (non-hydrogen) atoms. The topological polar surface area (TPSA) is 92.3 Å². The van der Waals surface area contributed by atoms with Crippen LogP contribution in [0.4, 0.5) is 0 Å². The third-order valence-electron chi connectivity index (χ3n) is 5.19. The number of methoxy groups -OCH3 is 1. The van der Waals surface area contributed by atoms with Gasteiger partial charge < -0.3 is 10.1 Å². The number of nitriles is 1. The van der Waals surface area contributed by atoms with Crippen molar-refractivity contribution in [1.29, 1.82) is 5.26 Å². The number of amides is 1. The van der Waals surface area contributed by atoms with E-state index in [0.29, 0.717) is 24.1 Å². The Hall–Kier alpha value is -3.40. The second-order valence-corrected chi connectivity index (χ2v) is 6.97. The van der Waals surface area contributed by atoms with E-state index >= 15 is 0 Å². The largest absolute Gasteiger partial charge is 0.497 e. The van der Waals surface area contributed by atoms with E-state index in [1.807, 2.05) is 45.0 Å². The summed E-state index contributed by atoms with van der Waals surface area (Å²) in [5, 5.41) is 16.5. The molecule has 1 N–H and O–H groups in total. The summed E-state index contributed by atoms with van der Waals surface area (Å²) in [4.78, 5) is 17.1. The van der Waals surface area contributed by atoms with Crippen molar-refractivity contribution in [3.05, 3.63) is 58.5 Å². The number of carbonyl (C=O) groups is 1. The Morgan fingerprint density at radius 2 is 2.03 bits per heavy atom. The number of ether oxygens (including phenoxy) is 1. The van der Waals surface area contributed by atoms with Crippen LogP contribution in [0.3, 0.4) is 0 Å². The van der Waals surface area contributed by atoms with Gasteiger partial charge >= 0.3 is 0 Å². The smallest absolute Gasteiger partial charge is 0.220 e. The molecule has 1 unspecified atom stereocenters. The molecule has 1 aromatic carbocycles. The molecule has 0 radical (unpaired) electrons. The molecule has 0 fully saturated rings. The van der Waals surface area contributed by atoms with Gasteiger partial charge in [-0.1, -0.05) is 19.1 Å². The lowest BCUT2D eigenvalue weighted by Gasteiger charge is -2.18. The van der Waals surface area contributed by atoms with Crippen LogP contribution in [-0.2, 0) is 11.2 Å². The van der Waals surface area contributed by atoms with E-state index in [1.54, 1.807) is 11.6 Å². The van der Waals surface area contributed by atoms with E-state index in [4.69, 9.17) is 4.74 Å². The average Bonchev–Trinajstić information content (AvgIpc) is 3.14. The molecule has 1 amide bonds. The van der Waals surface area contributed by atoms with Crippen LogP contribution in [0.5, 0.6) is 5.75 Å². The zero-order valence-corrected chi connectivity index (χ0v) is 17.2. The predicted octanol–water partition coefficient (Wildman–Crippen LogP) is 3.43. The van der Waals surface area contributed by atoms with Crippen LogP contribution in [0, 0.1) is 25.2 Å². The predicted molar refractivity (Wildman–Crippen MR) is 110 cm³/mol. The molecule has 0 bridgehead atoms. The first kappa shape index (κ1) is 20.3. The van der Waals surface area contributed by atoms with Gasteiger partial charge in [0.25, 0.3) is 0 Å². The number of benzene rings is 1. The van der Waals surface area contributed by atoms with Gasteiger partial charge in [0.1, 0.15) is 17.4 Å². The molecular weight excluding hydrogens is 366 g/mol. The monoisotopic (exact) mass is 391 g/mol. The number of nitrogens with zero attached hydrogens (tertiary/aromatic N) is 4. The van der Waals surface area contributed by atoms with Crippen LogP contribution < -0.4 is 10.1 Å². The van der Waals surface area contributed by atoms with Gasteiger partial charge in [-0.3, -0.25) is 4.79 Å². The van der Waals surface area contributed by atoms with Gasteiger partial charge in [-0.2, -0.15) is 10.4 Å². The van der Waals surface area contributed by atoms with Crippen molar-refractivity contribution in [3.63, 3.8) is 0 Å². The first-order chi connectivity index (χ1) is 14.0. The summed E-state index contributed by atoms with van der Waals surface area (Å²) < 4.78 is 6.87. The molecule has 2 aromatic heterocycles. The van der Waals surface area contributed by atoms with E-state index in [9.17, 15) is 10.1 Å². The summed E-state index contributed by atoms with van der Waals surface area (Å²) >= 11 is 0. The Kier molecular flexibility index (Phi) is 6.13. The SMILES string of the molecule is CCC(NC(=O)CCc1c(C)nc2c(C#N)cnn2c1C)c1ccc(OC)cc1. The third kappa shape index (κ3) is 4.21. The van der Waals surface area contributed by atoms with Crippen molar-refractivity contribution >= 4 is 11.6 Å². The lowest BCUT2D eigenvalue weighted by molar-refractivity contribution is -0.121. The van der Waals surface area contributed by atoms with Gasteiger partial charge in [-0.25, -0.2) is 9.50 Å². The second-order valence-electron chi connectivity index (χ2n) is 6.97. The van der Waals surface area contributed by atoms with Crippen molar-refractivity contribution in [2.24, 2.45) is 0 Å². The summed E-state index contributed by atoms with van der Waals surface area (Å²) in [6.07, 6.45) is 3.24. The number of carbonyl (C=O) groups excluding carboxylic acids is 1. The first-order valence-electron chi connectivity index (χ1n) is 9.65. The minimum absolute atomic E-state index is 0.00950. The fraction of sp³-hybridized carbons (Fsp3) is 0.364. The summed E-state index contributed by atoms with van der Waals surface area (Å²) in [7, 11) is 1.63. The standard InChI is InChI=1S/C22H25N5O2/c1-5-20(16-6-8-18(29-4)9-7-16)26-21(28)11-10-19-14(2)25-22-17(12-23)13-24-27(22)15(19)3/h6-9,13,20H,5,10-11H2,1-4H3,(H,26,28). The van der Waals surface area contributed by atoms with Gasteiger partial charge in [0.05, 0.1) is 19.3 Å². The van der Waals surface area contributed by atoms with E-state index in [0.717, 1.165) is 34.7 Å². The van der Waals surface area contributed by atoms with Crippen molar-refractivity contribution in [2.45, 2.75) is 46.1 Å². The van der Waals surface area contributed by atoms with Gasteiger partial charge in [-0.15, -0.1) is 0 Å². The maximum absolute atomic E-state index is 12.6. The molecule has 0 aliphatic heterocycles. The van der Waals surface area contributed by atoms with Crippen LogP contribution in [0.15, 0.2) is 30.5 Å². The quantitative estimate of drug-likeness (QED) is 0.666. The Labute approximate surface area is 170 Å². The van der Waals surface area contributed by atoms with E-state index in [1.165, 1.54) is 6.20 Å². The lowest BCUT2D eigenvalue weighted by atomic mass is 10.0. The van der Waals surface area contributed by atoms with Gasteiger partial charge in [0, 0.05) is 17.8 Å². The highest BCUT2D eigenvalue weighted by Crippen LogP contribution is 2.21. The number of aromatic nitrogens is 3.